The smallest absolute Gasteiger partial charge is 0.280 e. The van der Waals surface area contributed by atoms with Gasteiger partial charge in [0.25, 0.3) is 6.43 Å². The lowest BCUT2D eigenvalue weighted by Crippen LogP contribution is -1.94. The Hall–Kier alpha value is -0.230. The van der Waals surface area contributed by atoms with Crippen LogP contribution in [0.3, 0.4) is 0 Å². The zero-order chi connectivity index (χ0) is 10.0. The molecule has 0 saturated heterocycles. The first-order valence-electron chi connectivity index (χ1n) is 3.28. The van der Waals surface area contributed by atoms with Crippen molar-refractivity contribution in [3.63, 3.8) is 0 Å². The third kappa shape index (κ3) is 2.37. The molecule has 2 nitrogen and oxygen atoms in total. The molecule has 1 heterocycles. The van der Waals surface area contributed by atoms with E-state index in [0.717, 1.165) is 0 Å². The normalized spacial score (nSPS) is 10.8. The first kappa shape index (κ1) is 10.8. The van der Waals surface area contributed by atoms with Crippen LogP contribution in [0.25, 0.3) is 0 Å². The van der Waals surface area contributed by atoms with Crippen LogP contribution in [0.4, 0.5) is 8.78 Å². The minimum Gasteiger partial charge on any atom is -0.505 e. The summed E-state index contributed by atoms with van der Waals surface area (Å²) in [6.07, 6.45) is -2.63. The molecule has 13 heavy (non-hydrogen) atoms. The maximum atomic E-state index is 12.2. The average Bonchev–Trinajstić information content (AvgIpc) is 2.09. The quantitative estimate of drug-likeness (QED) is 0.670. The number of aromatic hydroxyl groups is 1. The monoisotopic (exact) mass is 315 g/mol. The molecule has 0 fully saturated rings. The zero-order valence-corrected chi connectivity index (χ0v) is 9.44. The Morgan fingerprint density at radius 2 is 2.15 bits per heavy atom. The van der Waals surface area contributed by atoms with Gasteiger partial charge in [0.2, 0.25) is 0 Å². The Labute approximate surface area is 90.2 Å². The molecule has 1 N–H and O–H groups in total. The van der Waals surface area contributed by atoms with Gasteiger partial charge in [0, 0.05) is 10.9 Å². The zero-order valence-electron chi connectivity index (χ0n) is 6.27. The van der Waals surface area contributed by atoms with Crippen molar-refractivity contribution < 1.29 is 13.9 Å². The third-order valence-electron chi connectivity index (χ3n) is 1.42. The number of nitrogens with zero attached hydrogens (tertiary/aromatic N) is 1. The molecule has 1 aromatic rings. The van der Waals surface area contributed by atoms with Gasteiger partial charge in [-0.1, -0.05) is 15.9 Å². The summed E-state index contributed by atoms with van der Waals surface area (Å²) in [6.45, 7) is 0. The van der Waals surface area contributed by atoms with Gasteiger partial charge in [-0.3, -0.25) is 0 Å². The van der Waals surface area contributed by atoms with Crippen LogP contribution in [-0.4, -0.2) is 10.1 Å². The number of aromatic nitrogens is 1. The highest BCUT2D eigenvalue weighted by Crippen LogP contribution is 2.31. The van der Waals surface area contributed by atoms with E-state index in [9.17, 15) is 13.9 Å². The van der Waals surface area contributed by atoms with Crippen LogP contribution in [0, 0.1) is 0 Å². The summed E-state index contributed by atoms with van der Waals surface area (Å²) in [6, 6.07) is 1.17. The minimum atomic E-state index is -2.63. The molecule has 0 unspecified atom stereocenters. The van der Waals surface area contributed by atoms with Gasteiger partial charge in [0.15, 0.2) is 5.75 Å². The molecule has 0 aliphatic heterocycles. The standard InChI is InChI=1S/C7H5Br2F2NO/c8-2-3-1-4(7(10)11)12-6(9)5(3)13/h1,7,13H,2H2. The molecule has 0 aliphatic rings. The van der Waals surface area contributed by atoms with Crippen molar-refractivity contribution in [1.29, 1.82) is 0 Å². The largest absolute Gasteiger partial charge is 0.505 e. The number of alkyl halides is 3. The second-order valence-corrected chi connectivity index (χ2v) is 3.59. The van der Waals surface area contributed by atoms with Gasteiger partial charge in [-0.25, -0.2) is 13.8 Å². The van der Waals surface area contributed by atoms with Gasteiger partial charge in [0.1, 0.15) is 10.3 Å². The van der Waals surface area contributed by atoms with Gasteiger partial charge in [-0.2, -0.15) is 0 Å². The predicted octanol–water partition coefficient (Wildman–Crippen LogP) is 3.38. The van der Waals surface area contributed by atoms with Crippen molar-refractivity contribution in [2.75, 3.05) is 0 Å². The van der Waals surface area contributed by atoms with Crippen LogP contribution < -0.4 is 0 Å². The van der Waals surface area contributed by atoms with Gasteiger partial charge in [-0.15, -0.1) is 0 Å². The SMILES string of the molecule is Oc1c(CBr)cc(C(F)F)nc1Br. The van der Waals surface area contributed by atoms with E-state index in [4.69, 9.17) is 0 Å². The summed E-state index contributed by atoms with van der Waals surface area (Å²) in [5.74, 6) is -0.110. The highest BCUT2D eigenvalue weighted by atomic mass is 79.9. The number of hydrogen-bond donors (Lipinski definition) is 1. The first-order chi connectivity index (χ1) is 6.06. The highest BCUT2D eigenvalue weighted by Gasteiger charge is 2.14. The van der Waals surface area contributed by atoms with Crippen LogP contribution >= 0.6 is 31.9 Å². The molecule has 72 valence electrons. The molecule has 1 rings (SSSR count). The molecule has 6 heteroatoms. The molecule has 0 aromatic carbocycles. The van der Waals surface area contributed by atoms with Crippen molar-refractivity contribution in [2.45, 2.75) is 11.8 Å². The Bertz CT molecular complexity index is 320. The number of hydrogen-bond acceptors (Lipinski definition) is 2. The van der Waals surface area contributed by atoms with Crippen molar-refractivity contribution in [2.24, 2.45) is 0 Å². The van der Waals surface area contributed by atoms with Crippen LogP contribution in [0.15, 0.2) is 10.7 Å². The molecule has 0 radical (unpaired) electrons. The second kappa shape index (κ2) is 4.32. The third-order valence-corrected chi connectivity index (χ3v) is 2.57. The van der Waals surface area contributed by atoms with Crippen molar-refractivity contribution in [3.8, 4) is 5.75 Å². The molecular formula is C7H5Br2F2NO. The summed E-state index contributed by atoms with van der Waals surface area (Å²) < 4.78 is 24.5. The topological polar surface area (TPSA) is 33.1 Å². The lowest BCUT2D eigenvalue weighted by molar-refractivity contribution is 0.145. The molecule has 0 amide bonds. The average molecular weight is 317 g/mol. The van der Waals surface area contributed by atoms with Gasteiger partial charge in [0.05, 0.1) is 0 Å². The molecule has 0 spiro atoms. The Morgan fingerprint density at radius 3 is 2.62 bits per heavy atom. The molecule has 0 saturated carbocycles. The fourth-order valence-corrected chi connectivity index (χ4v) is 1.68. The van der Waals surface area contributed by atoms with E-state index in [2.05, 4.69) is 36.8 Å². The van der Waals surface area contributed by atoms with Crippen molar-refractivity contribution >= 4 is 31.9 Å². The molecule has 0 atom stereocenters. The molecule has 1 aromatic heterocycles. The lowest BCUT2D eigenvalue weighted by atomic mass is 10.2. The van der Waals surface area contributed by atoms with E-state index < -0.39 is 6.43 Å². The highest BCUT2D eigenvalue weighted by molar-refractivity contribution is 9.10. The summed E-state index contributed by atoms with van der Waals surface area (Å²) in [7, 11) is 0. The molecular weight excluding hydrogens is 312 g/mol. The maximum absolute atomic E-state index is 12.2. The van der Waals surface area contributed by atoms with Crippen molar-refractivity contribution in [3.05, 3.63) is 21.9 Å². The van der Waals surface area contributed by atoms with Crippen LogP contribution in [0.1, 0.15) is 17.7 Å². The summed E-state index contributed by atoms with van der Waals surface area (Å²) in [4.78, 5) is 3.48. The van der Waals surface area contributed by atoms with Gasteiger partial charge < -0.3 is 5.11 Å². The second-order valence-electron chi connectivity index (χ2n) is 2.28. The fraction of sp³-hybridized carbons (Fsp3) is 0.286. The van der Waals surface area contributed by atoms with E-state index in [0.29, 0.717) is 10.9 Å². The fourth-order valence-electron chi connectivity index (χ4n) is 0.792. The van der Waals surface area contributed by atoms with E-state index in [1.54, 1.807) is 0 Å². The predicted molar refractivity (Wildman–Crippen MR) is 51.2 cm³/mol. The van der Waals surface area contributed by atoms with E-state index >= 15 is 0 Å². The Morgan fingerprint density at radius 1 is 1.54 bits per heavy atom. The lowest BCUT2D eigenvalue weighted by Gasteiger charge is -2.05. The van der Waals surface area contributed by atoms with Gasteiger partial charge >= 0.3 is 0 Å². The van der Waals surface area contributed by atoms with E-state index in [1.807, 2.05) is 0 Å². The Kier molecular flexibility index (Phi) is 3.61. The van der Waals surface area contributed by atoms with Crippen LogP contribution in [0.2, 0.25) is 0 Å². The first-order valence-corrected chi connectivity index (χ1v) is 5.20. The summed E-state index contributed by atoms with van der Waals surface area (Å²) in [5.41, 5.74) is 0.0382. The molecule has 0 aliphatic carbocycles. The van der Waals surface area contributed by atoms with Crippen LogP contribution in [-0.2, 0) is 5.33 Å². The van der Waals surface area contributed by atoms with Crippen LogP contribution in [0.5, 0.6) is 5.75 Å². The van der Waals surface area contributed by atoms with Gasteiger partial charge in [-0.05, 0) is 22.0 Å². The number of halogens is 4. The minimum absolute atomic E-state index is 0.0414. The van der Waals surface area contributed by atoms with Crippen molar-refractivity contribution in [1.82, 2.24) is 4.98 Å². The number of rotatable bonds is 2. The Balaban J connectivity index is 3.22. The summed E-state index contributed by atoms with van der Waals surface area (Å²) in [5, 5.41) is 9.62. The summed E-state index contributed by atoms with van der Waals surface area (Å²) >= 11 is 5.96. The van der Waals surface area contributed by atoms with E-state index in [1.165, 1.54) is 6.07 Å². The number of pyridine rings is 1. The van der Waals surface area contributed by atoms with E-state index in [-0.39, 0.29) is 16.0 Å². The maximum Gasteiger partial charge on any atom is 0.280 e. The molecule has 0 bridgehead atoms.